The van der Waals surface area contributed by atoms with Gasteiger partial charge in [-0.05, 0) is 35.7 Å². The van der Waals surface area contributed by atoms with Crippen LogP contribution in [-0.2, 0) is 13.1 Å². The molecule has 18 heavy (non-hydrogen) atoms. The van der Waals surface area contributed by atoms with E-state index in [1.807, 2.05) is 12.1 Å². The SMILES string of the molecule is CC(c1cccc(O)c1)N1Cc2ccccc2C1. The first-order chi connectivity index (χ1) is 8.74. The molecule has 0 aromatic heterocycles. The van der Waals surface area contributed by atoms with E-state index in [4.69, 9.17) is 0 Å². The molecule has 1 heterocycles. The van der Waals surface area contributed by atoms with Gasteiger partial charge >= 0.3 is 0 Å². The minimum Gasteiger partial charge on any atom is -0.508 e. The highest BCUT2D eigenvalue weighted by molar-refractivity contribution is 5.33. The summed E-state index contributed by atoms with van der Waals surface area (Å²) in [6.45, 7) is 4.18. The third kappa shape index (κ3) is 2.00. The second-order valence-electron chi connectivity index (χ2n) is 4.94. The molecule has 0 spiro atoms. The largest absolute Gasteiger partial charge is 0.508 e. The van der Waals surface area contributed by atoms with Gasteiger partial charge in [0.25, 0.3) is 0 Å². The molecule has 3 rings (SSSR count). The molecule has 1 atom stereocenters. The van der Waals surface area contributed by atoms with Gasteiger partial charge in [0.1, 0.15) is 5.75 Å². The van der Waals surface area contributed by atoms with Gasteiger partial charge in [0.2, 0.25) is 0 Å². The van der Waals surface area contributed by atoms with Gasteiger partial charge in [0.15, 0.2) is 0 Å². The van der Waals surface area contributed by atoms with Gasteiger partial charge in [0.05, 0.1) is 0 Å². The first-order valence-corrected chi connectivity index (χ1v) is 6.34. The Labute approximate surface area is 107 Å². The van der Waals surface area contributed by atoms with Crippen LogP contribution in [0.25, 0.3) is 0 Å². The Morgan fingerprint density at radius 1 is 1.00 bits per heavy atom. The molecule has 2 nitrogen and oxygen atoms in total. The van der Waals surface area contributed by atoms with E-state index >= 15 is 0 Å². The zero-order valence-corrected chi connectivity index (χ0v) is 10.5. The molecule has 1 aliphatic rings. The zero-order valence-electron chi connectivity index (χ0n) is 10.5. The van der Waals surface area contributed by atoms with E-state index in [-0.39, 0.29) is 0 Å². The number of phenols is 1. The molecule has 0 bridgehead atoms. The Morgan fingerprint density at radius 3 is 2.28 bits per heavy atom. The lowest BCUT2D eigenvalue weighted by molar-refractivity contribution is 0.215. The molecular weight excluding hydrogens is 222 g/mol. The lowest BCUT2D eigenvalue weighted by Crippen LogP contribution is -2.20. The van der Waals surface area contributed by atoms with E-state index in [1.54, 1.807) is 6.07 Å². The Bertz CT molecular complexity index is 540. The summed E-state index contributed by atoms with van der Waals surface area (Å²) in [7, 11) is 0. The molecule has 1 aliphatic heterocycles. The summed E-state index contributed by atoms with van der Waals surface area (Å²) >= 11 is 0. The third-order valence-electron chi connectivity index (χ3n) is 3.77. The fraction of sp³-hybridized carbons (Fsp3) is 0.250. The van der Waals surface area contributed by atoms with Crippen molar-refractivity contribution in [2.24, 2.45) is 0 Å². The van der Waals surface area contributed by atoms with Gasteiger partial charge < -0.3 is 5.11 Å². The Hall–Kier alpha value is -1.80. The molecule has 0 amide bonds. The molecule has 2 aromatic carbocycles. The van der Waals surface area contributed by atoms with Crippen molar-refractivity contribution in [3.63, 3.8) is 0 Å². The Morgan fingerprint density at radius 2 is 1.67 bits per heavy atom. The van der Waals surface area contributed by atoms with Crippen molar-refractivity contribution in [1.29, 1.82) is 0 Å². The minimum atomic E-state index is 0.324. The highest BCUT2D eigenvalue weighted by Gasteiger charge is 2.23. The molecule has 1 N–H and O–H groups in total. The van der Waals surface area contributed by atoms with E-state index in [0.29, 0.717) is 11.8 Å². The normalized spacial score (nSPS) is 16.5. The second kappa shape index (κ2) is 4.46. The van der Waals surface area contributed by atoms with Crippen LogP contribution < -0.4 is 0 Å². The van der Waals surface area contributed by atoms with Crippen molar-refractivity contribution in [2.75, 3.05) is 0 Å². The first-order valence-electron chi connectivity index (χ1n) is 6.34. The molecule has 0 fully saturated rings. The number of fused-ring (bicyclic) bond motifs is 1. The first kappa shape index (κ1) is 11.3. The third-order valence-corrected chi connectivity index (χ3v) is 3.77. The molecule has 2 heteroatoms. The van der Waals surface area contributed by atoms with Crippen LogP contribution in [0.3, 0.4) is 0 Å². The smallest absolute Gasteiger partial charge is 0.115 e. The Balaban J connectivity index is 1.82. The van der Waals surface area contributed by atoms with E-state index in [0.717, 1.165) is 13.1 Å². The zero-order chi connectivity index (χ0) is 12.5. The van der Waals surface area contributed by atoms with Crippen molar-refractivity contribution < 1.29 is 5.11 Å². The van der Waals surface area contributed by atoms with E-state index in [2.05, 4.69) is 42.2 Å². The van der Waals surface area contributed by atoms with Gasteiger partial charge in [0, 0.05) is 19.1 Å². The molecule has 0 aliphatic carbocycles. The predicted molar refractivity (Wildman–Crippen MR) is 72.2 cm³/mol. The maximum absolute atomic E-state index is 9.56. The summed E-state index contributed by atoms with van der Waals surface area (Å²) in [5.74, 6) is 0.344. The van der Waals surface area contributed by atoms with Crippen molar-refractivity contribution >= 4 is 0 Å². The van der Waals surface area contributed by atoms with Crippen molar-refractivity contribution in [3.05, 3.63) is 65.2 Å². The van der Waals surface area contributed by atoms with E-state index in [9.17, 15) is 5.11 Å². The fourth-order valence-electron chi connectivity index (χ4n) is 2.63. The summed E-state index contributed by atoms with van der Waals surface area (Å²) in [4.78, 5) is 2.43. The van der Waals surface area contributed by atoms with Gasteiger partial charge in [-0.15, -0.1) is 0 Å². The van der Waals surface area contributed by atoms with Crippen LogP contribution in [0, 0.1) is 0 Å². The van der Waals surface area contributed by atoms with Crippen molar-refractivity contribution in [3.8, 4) is 5.75 Å². The topological polar surface area (TPSA) is 23.5 Å². The minimum absolute atomic E-state index is 0.324. The predicted octanol–water partition coefficient (Wildman–Crippen LogP) is 3.47. The number of benzene rings is 2. The monoisotopic (exact) mass is 239 g/mol. The Kier molecular flexibility index (Phi) is 2.80. The average Bonchev–Trinajstić information content (AvgIpc) is 2.81. The number of hydrogen-bond donors (Lipinski definition) is 1. The molecule has 1 unspecified atom stereocenters. The van der Waals surface area contributed by atoms with Crippen LogP contribution in [-0.4, -0.2) is 10.0 Å². The maximum Gasteiger partial charge on any atom is 0.115 e. The molecule has 0 saturated heterocycles. The molecule has 0 radical (unpaired) electrons. The van der Waals surface area contributed by atoms with Crippen LogP contribution in [0.2, 0.25) is 0 Å². The molecule has 92 valence electrons. The lowest BCUT2D eigenvalue weighted by Gasteiger charge is -2.24. The number of phenolic OH excluding ortho intramolecular Hbond substituents is 1. The summed E-state index contributed by atoms with van der Waals surface area (Å²) in [6, 6.07) is 16.5. The van der Waals surface area contributed by atoms with Gasteiger partial charge in [-0.25, -0.2) is 0 Å². The number of aromatic hydroxyl groups is 1. The van der Waals surface area contributed by atoms with Gasteiger partial charge in [-0.2, -0.15) is 0 Å². The highest BCUT2D eigenvalue weighted by atomic mass is 16.3. The molecule has 0 saturated carbocycles. The summed E-state index contributed by atoms with van der Waals surface area (Å²) in [5, 5.41) is 9.56. The summed E-state index contributed by atoms with van der Waals surface area (Å²) < 4.78 is 0. The number of rotatable bonds is 2. The lowest BCUT2D eigenvalue weighted by atomic mass is 10.1. The van der Waals surface area contributed by atoms with Crippen molar-refractivity contribution in [2.45, 2.75) is 26.1 Å². The number of hydrogen-bond acceptors (Lipinski definition) is 2. The van der Waals surface area contributed by atoms with E-state index < -0.39 is 0 Å². The quantitative estimate of drug-likeness (QED) is 0.867. The number of nitrogens with zero attached hydrogens (tertiary/aromatic N) is 1. The standard InChI is InChI=1S/C16H17NO/c1-12(13-7-4-8-16(18)9-13)17-10-14-5-2-3-6-15(14)11-17/h2-9,12,18H,10-11H2,1H3. The van der Waals surface area contributed by atoms with Crippen LogP contribution in [0.1, 0.15) is 29.7 Å². The van der Waals surface area contributed by atoms with Crippen molar-refractivity contribution in [1.82, 2.24) is 4.90 Å². The van der Waals surface area contributed by atoms with Gasteiger partial charge in [-0.1, -0.05) is 36.4 Å². The fourth-order valence-corrected chi connectivity index (χ4v) is 2.63. The summed E-state index contributed by atoms with van der Waals surface area (Å²) in [5.41, 5.74) is 4.01. The van der Waals surface area contributed by atoms with Crippen LogP contribution in [0.15, 0.2) is 48.5 Å². The van der Waals surface area contributed by atoms with Crippen LogP contribution >= 0.6 is 0 Å². The highest BCUT2D eigenvalue weighted by Crippen LogP contribution is 2.31. The van der Waals surface area contributed by atoms with E-state index in [1.165, 1.54) is 16.7 Å². The summed E-state index contributed by atoms with van der Waals surface area (Å²) in [6.07, 6.45) is 0. The van der Waals surface area contributed by atoms with Gasteiger partial charge in [-0.3, -0.25) is 4.90 Å². The second-order valence-corrected chi connectivity index (χ2v) is 4.94. The maximum atomic E-state index is 9.56. The van der Waals surface area contributed by atoms with Crippen LogP contribution in [0.5, 0.6) is 5.75 Å². The molecule has 2 aromatic rings. The average molecular weight is 239 g/mol. The molecular formula is C16H17NO. The van der Waals surface area contributed by atoms with Crippen LogP contribution in [0.4, 0.5) is 0 Å².